The summed E-state index contributed by atoms with van der Waals surface area (Å²) in [6.45, 7) is 2.46. The number of benzene rings is 1. The van der Waals surface area contributed by atoms with Crippen LogP contribution in [0.25, 0.3) is 11.4 Å². The summed E-state index contributed by atoms with van der Waals surface area (Å²) in [5, 5.41) is 0. The predicted molar refractivity (Wildman–Crippen MR) is 115 cm³/mol. The quantitative estimate of drug-likeness (QED) is 0.429. The highest BCUT2D eigenvalue weighted by molar-refractivity contribution is 5.96. The van der Waals surface area contributed by atoms with Gasteiger partial charge in [0.2, 0.25) is 0 Å². The maximum atomic E-state index is 13.0. The standard InChI is InChI=1S/C23H20N4O4/c1-2-31-18-9-7-17(8-10-18)20(28)15-26-12-4-6-19-21(26)25-23(30)27(22(19)29)14-16-5-3-11-24-13-16/h3-13H,2,14-15H2,1H3. The molecule has 0 saturated carbocycles. The first-order chi connectivity index (χ1) is 15.1. The molecule has 31 heavy (non-hydrogen) atoms. The molecule has 0 aliphatic carbocycles. The Bertz CT molecular complexity index is 1290. The average molecular weight is 416 g/mol. The molecular weight excluding hydrogens is 396 g/mol. The predicted octanol–water partition coefficient (Wildman–Crippen LogP) is 2.23. The van der Waals surface area contributed by atoms with E-state index < -0.39 is 11.2 Å². The molecule has 1 aromatic carbocycles. The molecule has 8 heteroatoms. The fourth-order valence-corrected chi connectivity index (χ4v) is 3.31. The van der Waals surface area contributed by atoms with Gasteiger partial charge in [-0.3, -0.25) is 19.1 Å². The number of Topliss-reactive ketones (excluding diaryl/α,β-unsaturated/α-hetero) is 1. The number of carbonyl (C=O) groups is 1. The largest absolute Gasteiger partial charge is 0.494 e. The third-order valence-corrected chi connectivity index (χ3v) is 4.81. The second-order valence-electron chi connectivity index (χ2n) is 6.90. The maximum Gasteiger partial charge on any atom is 0.352 e. The van der Waals surface area contributed by atoms with Crippen LogP contribution >= 0.6 is 0 Å². The Hall–Kier alpha value is -4.07. The van der Waals surface area contributed by atoms with Crippen LogP contribution in [0.4, 0.5) is 0 Å². The van der Waals surface area contributed by atoms with Crippen LogP contribution in [-0.2, 0) is 13.1 Å². The molecule has 0 unspecified atom stereocenters. The fourth-order valence-electron chi connectivity index (χ4n) is 3.31. The molecule has 0 amide bonds. The molecule has 156 valence electrons. The molecule has 0 saturated heterocycles. The van der Waals surface area contributed by atoms with Crippen LogP contribution in [0.1, 0.15) is 22.8 Å². The summed E-state index contributed by atoms with van der Waals surface area (Å²) in [7, 11) is 0. The minimum Gasteiger partial charge on any atom is -0.494 e. The normalized spacial score (nSPS) is 10.9. The van der Waals surface area contributed by atoms with Crippen molar-refractivity contribution in [1.29, 1.82) is 0 Å². The van der Waals surface area contributed by atoms with Gasteiger partial charge in [0.25, 0.3) is 5.56 Å². The molecule has 2 aliphatic heterocycles. The second-order valence-corrected chi connectivity index (χ2v) is 6.90. The molecule has 4 rings (SSSR count). The van der Waals surface area contributed by atoms with Gasteiger partial charge in [-0.05, 0) is 55.0 Å². The zero-order valence-corrected chi connectivity index (χ0v) is 16.9. The van der Waals surface area contributed by atoms with Gasteiger partial charge in [0.1, 0.15) is 5.75 Å². The molecular formula is C23H20N4O4. The first-order valence-corrected chi connectivity index (χ1v) is 9.82. The Morgan fingerprint density at radius 2 is 1.87 bits per heavy atom. The number of rotatable bonds is 7. The van der Waals surface area contributed by atoms with Crippen molar-refractivity contribution < 1.29 is 9.53 Å². The number of nitrogens with zero attached hydrogens (tertiary/aromatic N) is 4. The minimum absolute atomic E-state index is 0.0518. The van der Waals surface area contributed by atoms with E-state index in [-0.39, 0.29) is 30.3 Å². The molecule has 0 atom stereocenters. The van der Waals surface area contributed by atoms with E-state index in [1.165, 1.54) is 4.57 Å². The number of ether oxygens (including phenoxy) is 1. The van der Waals surface area contributed by atoms with Crippen molar-refractivity contribution in [3.05, 3.63) is 99.1 Å². The molecule has 0 N–H and O–H groups in total. The molecule has 0 bridgehead atoms. The first-order valence-electron chi connectivity index (χ1n) is 9.82. The Morgan fingerprint density at radius 3 is 2.58 bits per heavy atom. The maximum absolute atomic E-state index is 13.0. The summed E-state index contributed by atoms with van der Waals surface area (Å²) < 4.78 is 7.98. The van der Waals surface area contributed by atoms with Crippen molar-refractivity contribution >= 4 is 5.78 Å². The number of hydrogen-bond acceptors (Lipinski definition) is 6. The number of fused-ring (bicyclic) bond motifs is 1. The van der Waals surface area contributed by atoms with Crippen LogP contribution < -0.4 is 16.0 Å². The van der Waals surface area contributed by atoms with Crippen LogP contribution in [0.15, 0.2) is 76.7 Å². The Morgan fingerprint density at radius 1 is 1.06 bits per heavy atom. The number of pyridine rings is 2. The van der Waals surface area contributed by atoms with E-state index in [4.69, 9.17) is 4.74 Å². The number of ketones is 1. The van der Waals surface area contributed by atoms with Gasteiger partial charge in [0.05, 0.1) is 25.3 Å². The van der Waals surface area contributed by atoms with Crippen molar-refractivity contribution in [1.82, 2.24) is 19.1 Å². The van der Waals surface area contributed by atoms with Gasteiger partial charge < -0.3 is 9.30 Å². The second kappa shape index (κ2) is 8.74. The van der Waals surface area contributed by atoms with Crippen molar-refractivity contribution in [3.63, 3.8) is 0 Å². The molecule has 2 aliphatic rings. The Kier molecular flexibility index (Phi) is 5.70. The van der Waals surface area contributed by atoms with Crippen molar-refractivity contribution in [2.75, 3.05) is 6.61 Å². The molecule has 0 fully saturated rings. The molecule has 8 nitrogen and oxygen atoms in total. The van der Waals surface area contributed by atoms with Crippen molar-refractivity contribution in [2.24, 2.45) is 0 Å². The molecule has 1 aromatic heterocycles. The Balaban J connectivity index is 1.65. The summed E-state index contributed by atoms with van der Waals surface area (Å²) in [5.41, 5.74) is 0.361. The van der Waals surface area contributed by atoms with E-state index >= 15 is 0 Å². The van der Waals surface area contributed by atoms with Gasteiger partial charge in [-0.25, -0.2) is 4.79 Å². The van der Waals surface area contributed by atoms with Gasteiger partial charge in [0, 0.05) is 24.2 Å². The number of aromatic nitrogens is 4. The van der Waals surface area contributed by atoms with E-state index in [1.807, 2.05) is 6.92 Å². The fraction of sp³-hybridized carbons (Fsp3) is 0.174. The first kappa shape index (κ1) is 20.2. The molecule has 0 spiro atoms. The number of hydrogen-bond donors (Lipinski definition) is 0. The summed E-state index contributed by atoms with van der Waals surface area (Å²) >= 11 is 0. The van der Waals surface area contributed by atoms with E-state index in [1.54, 1.807) is 67.1 Å². The third-order valence-electron chi connectivity index (χ3n) is 4.81. The van der Waals surface area contributed by atoms with Gasteiger partial charge in [-0.15, -0.1) is 0 Å². The lowest BCUT2D eigenvalue weighted by Crippen LogP contribution is -2.38. The van der Waals surface area contributed by atoms with Crippen LogP contribution in [0.5, 0.6) is 5.75 Å². The highest BCUT2D eigenvalue weighted by atomic mass is 16.5. The van der Waals surface area contributed by atoms with E-state index in [0.29, 0.717) is 17.9 Å². The van der Waals surface area contributed by atoms with Gasteiger partial charge in [-0.2, -0.15) is 4.98 Å². The zero-order valence-electron chi connectivity index (χ0n) is 16.9. The van der Waals surface area contributed by atoms with E-state index in [2.05, 4.69) is 9.97 Å². The van der Waals surface area contributed by atoms with Crippen LogP contribution in [0, 0.1) is 0 Å². The van der Waals surface area contributed by atoms with Crippen LogP contribution in [0.2, 0.25) is 0 Å². The lowest BCUT2D eigenvalue weighted by molar-refractivity contribution is 0.0972. The third kappa shape index (κ3) is 4.28. The highest BCUT2D eigenvalue weighted by Gasteiger charge is 2.19. The number of carbonyl (C=O) groups excluding carboxylic acids is 1. The lowest BCUT2D eigenvalue weighted by atomic mass is 10.1. The zero-order chi connectivity index (χ0) is 21.8. The summed E-state index contributed by atoms with van der Waals surface area (Å²) in [6, 6.07) is 13.6. The van der Waals surface area contributed by atoms with E-state index in [0.717, 1.165) is 10.1 Å². The van der Waals surface area contributed by atoms with Crippen molar-refractivity contribution in [2.45, 2.75) is 20.0 Å². The van der Waals surface area contributed by atoms with Crippen LogP contribution in [0.3, 0.4) is 0 Å². The Labute approximate surface area is 177 Å². The van der Waals surface area contributed by atoms with E-state index in [9.17, 15) is 14.4 Å². The molecule has 2 aromatic rings. The summed E-state index contributed by atoms with van der Waals surface area (Å²) in [6.07, 6.45) is 4.84. The van der Waals surface area contributed by atoms with Gasteiger partial charge >= 0.3 is 5.69 Å². The van der Waals surface area contributed by atoms with Gasteiger partial charge in [0.15, 0.2) is 11.6 Å². The van der Waals surface area contributed by atoms with Crippen LogP contribution in [-0.4, -0.2) is 31.5 Å². The average Bonchev–Trinajstić information content (AvgIpc) is 2.78. The molecule has 0 radical (unpaired) electrons. The summed E-state index contributed by atoms with van der Waals surface area (Å²) in [4.78, 5) is 46.4. The topological polar surface area (TPSA) is 96.1 Å². The minimum atomic E-state index is -0.671. The monoisotopic (exact) mass is 416 g/mol. The smallest absolute Gasteiger partial charge is 0.352 e. The highest BCUT2D eigenvalue weighted by Crippen LogP contribution is 2.16. The SMILES string of the molecule is CCOc1ccc(C(=O)Cn2cccc3c(=O)n(Cc4cccnc4)c(=O)nc2-3)cc1. The van der Waals surface area contributed by atoms with Gasteiger partial charge in [-0.1, -0.05) is 6.07 Å². The summed E-state index contributed by atoms with van der Waals surface area (Å²) in [5.74, 6) is 0.692. The lowest BCUT2D eigenvalue weighted by Gasteiger charge is -2.15. The molecule has 3 heterocycles. The van der Waals surface area contributed by atoms with Crippen molar-refractivity contribution in [3.8, 4) is 17.1 Å².